The molecule has 3 heterocycles. The first-order chi connectivity index (χ1) is 11.6. The van der Waals surface area contributed by atoms with Crippen LogP contribution < -0.4 is 9.64 Å². The number of hydrogen-bond donors (Lipinski definition) is 0. The number of nitrogens with zero attached hydrogens (tertiary/aromatic N) is 4. The number of carbonyl (C=O) groups is 1. The first-order valence-corrected chi connectivity index (χ1v) is 8.17. The highest BCUT2D eigenvalue weighted by Gasteiger charge is 2.27. The van der Waals surface area contributed by atoms with Gasteiger partial charge in [-0.2, -0.15) is 4.98 Å². The van der Waals surface area contributed by atoms with Crippen LogP contribution in [-0.4, -0.2) is 53.7 Å². The SMILES string of the molecule is CCOc1cccc(N2CCN(C(=O)c3c(C)noc3C)CC2)n1. The van der Waals surface area contributed by atoms with E-state index >= 15 is 0 Å². The fourth-order valence-electron chi connectivity index (χ4n) is 2.89. The second-order valence-corrected chi connectivity index (χ2v) is 5.75. The zero-order chi connectivity index (χ0) is 17.1. The van der Waals surface area contributed by atoms with Crippen molar-refractivity contribution in [3.63, 3.8) is 0 Å². The summed E-state index contributed by atoms with van der Waals surface area (Å²) >= 11 is 0. The van der Waals surface area contributed by atoms with Crippen LogP contribution in [0, 0.1) is 13.8 Å². The highest BCUT2D eigenvalue weighted by molar-refractivity contribution is 5.96. The maximum atomic E-state index is 12.7. The molecule has 2 aromatic rings. The summed E-state index contributed by atoms with van der Waals surface area (Å²) in [5.41, 5.74) is 1.23. The van der Waals surface area contributed by atoms with Crippen LogP contribution in [0.5, 0.6) is 5.88 Å². The summed E-state index contributed by atoms with van der Waals surface area (Å²) in [4.78, 5) is 21.2. The van der Waals surface area contributed by atoms with Crippen molar-refractivity contribution in [1.82, 2.24) is 15.0 Å². The van der Waals surface area contributed by atoms with E-state index in [1.165, 1.54) is 0 Å². The molecular weight excluding hydrogens is 308 g/mol. The molecule has 1 aliphatic rings. The zero-order valence-corrected chi connectivity index (χ0v) is 14.3. The minimum atomic E-state index is -0.0121. The highest BCUT2D eigenvalue weighted by atomic mass is 16.5. The van der Waals surface area contributed by atoms with Crippen LogP contribution in [0.15, 0.2) is 22.7 Å². The predicted octanol–water partition coefficient (Wildman–Crippen LogP) is 2.05. The van der Waals surface area contributed by atoms with E-state index in [4.69, 9.17) is 9.26 Å². The Bertz CT molecular complexity index is 701. The summed E-state index contributed by atoms with van der Waals surface area (Å²) in [5.74, 6) is 2.07. The minimum absolute atomic E-state index is 0.0121. The first-order valence-electron chi connectivity index (χ1n) is 8.17. The molecule has 1 aliphatic heterocycles. The second-order valence-electron chi connectivity index (χ2n) is 5.75. The van der Waals surface area contributed by atoms with Crippen molar-refractivity contribution in [2.45, 2.75) is 20.8 Å². The predicted molar refractivity (Wildman–Crippen MR) is 89.5 cm³/mol. The Labute approximate surface area is 141 Å². The van der Waals surface area contributed by atoms with Gasteiger partial charge in [0.25, 0.3) is 5.91 Å². The highest BCUT2D eigenvalue weighted by Crippen LogP contribution is 2.20. The quantitative estimate of drug-likeness (QED) is 0.854. The van der Waals surface area contributed by atoms with E-state index in [0.29, 0.717) is 42.6 Å². The number of aryl methyl sites for hydroxylation is 2. The first kappa shape index (κ1) is 16.3. The number of rotatable bonds is 4. The molecule has 0 atom stereocenters. The monoisotopic (exact) mass is 330 g/mol. The molecule has 0 spiro atoms. The Balaban J connectivity index is 1.65. The lowest BCUT2D eigenvalue weighted by molar-refractivity contribution is 0.0744. The third-order valence-electron chi connectivity index (χ3n) is 4.14. The molecule has 2 aromatic heterocycles. The van der Waals surface area contributed by atoms with E-state index < -0.39 is 0 Å². The van der Waals surface area contributed by atoms with Crippen LogP contribution in [0.25, 0.3) is 0 Å². The van der Waals surface area contributed by atoms with Crippen LogP contribution in [0.3, 0.4) is 0 Å². The lowest BCUT2D eigenvalue weighted by Gasteiger charge is -2.35. The maximum Gasteiger partial charge on any atom is 0.259 e. The van der Waals surface area contributed by atoms with Gasteiger partial charge < -0.3 is 19.1 Å². The van der Waals surface area contributed by atoms with E-state index in [1.54, 1.807) is 13.8 Å². The van der Waals surface area contributed by atoms with Crippen LogP contribution in [0.4, 0.5) is 5.82 Å². The van der Waals surface area contributed by atoms with Crippen molar-refractivity contribution in [1.29, 1.82) is 0 Å². The number of hydrogen-bond acceptors (Lipinski definition) is 6. The third kappa shape index (κ3) is 3.20. The normalized spacial score (nSPS) is 14.8. The molecule has 0 N–H and O–H groups in total. The average Bonchev–Trinajstić information content (AvgIpc) is 2.94. The smallest absolute Gasteiger partial charge is 0.259 e. The van der Waals surface area contributed by atoms with Gasteiger partial charge in [-0.05, 0) is 26.8 Å². The number of aromatic nitrogens is 2. The van der Waals surface area contributed by atoms with Crippen molar-refractivity contribution in [2.24, 2.45) is 0 Å². The molecule has 1 amide bonds. The number of ether oxygens (including phenoxy) is 1. The lowest BCUT2D eigenvalue weighted by atomic mass is 10.1. The number of piperazine rings is 1. The standard InChI is InChI=1S/C17H22N4O3/c1-4-23-15-7-5-6-14(18-15)20-8-10-21(11-9-20)17(22)16-12(2)19-24-13(16)3/h5-7H,4,8-11H2,1-3H3. The lowest BCUT2D eigenvalue weighted by Crippen LogP contribution is -2.49. The average molecular weight is 330 g/mol. The van der Waals surface area contributed by atoms with E-state index in [0.717, 1.165) is 18.9 Å². The molecule has 0 aromatic carbocycles. The van der Waals surface area contributed by atoms with Gasteiger partial charge >= 0.3 is 0 Å². The molecule has 0 radical (unpaired) electrons. The molecule has 24 heavy (non-hydrogen) atoms. The van der Waals surface area contributed by atoms with E-state index in [9.17, 15) is 4.79 Å². The van der Waals surface area contributed by atoms with Crippen LogP contribution in [0.2, 0.25) is 0 Å². The van der Waals surface area contributed by atoms with E-state index in [1.807, 2.05) is 30.0 Å². The van der Waals surface area contributed by atoms with Crippen molar-refractivity contribution in [3.8, 4) is 5.88 Å². The Morgan fingerprint density at radius 2 is 2.00 bits per heavy atom. The molecule has 128 valence electrons. The largest absolute Gasteiger partial charge is 0.478 e. The molecular formula is C17H22N4O3. The number of pyridine rings is 1. The fraction of sp³-hybridized carbons (Fsp3) is 0.471. The van der Waals surface area contributed by atoms with Gasteiger partial charge in [-0.1, -0.05) is 11.2 Å². The molecule has 0 saturated carbocycles. The van der Waals surface area contributed by atoms with Crippen LogP contribution in [0.1, 0.15) is 28.7 Å². The van der Waals surface area contributed by atoms with Gasteiger partial charge in [-0.25, -0.2) is 0 Å². The Hall–Kier alpha value is -2.57. The van der Waals surface area contributed by atoms with Gasteiger partial charge in [-0.3, -0.25) is 4.79 Å². The fourth-order valence-corrected chi connectivity index (χ4v) is 2.89. The number of amides is 1. The molecule has 7 heteroatoms. The molecule has 0 aliphatic carbocycles. The molecule has 7 nitrogen and oxygen atoms in total. The summed E-state index contributed by atoms with van der Waals surface area (Å²) in [6, 6.07) is 5.76. The van der Waals surface area contributed by atoms with Gasteiger partial charge in [0.15, 0.2) is 0 Å². The topological polar surface area (TPSA) is 71.7 Å². The third-order valence-corrected chi connectivity index (χ3v) is 4.14. The van der Waals surface area contributed by atoms with Gasteiger partial charge in [0.05, 0.1) is 12.3 Å². The zero-order valence-electron chi connectivity index (χ0n) is 14.3. The van der Waals surface area contributed by atoms with E-state index in [2.05, 4.69) is 15.0 Å². The summed E-state index contributed by atoms with van der Waals surface area (Å²) < 4.78 is 10.6. The molecule has 1 fully saturated rings. The summed E-state index contributed by atoms with van der Waals surface area (Å²) in [6.07, 6.45) is 0. The summed E-state index contributed by atoms with van der Waals surface area (Å²) in [7, 11) is 0. The Morgan fingerprint density at radius 1 is 1.25 bits per heavy atom. The Morgan fingerprint density at radius 3 is 2.62 bits per heavy atom. The molecule has 0 unspecified atom stereocenters. The number of carbonyl (C=O) groups excluding carboxylic acids is 1. The van der Waals surface area contributed by atoms with Gasteiger partial charge in [0, 0.05) is 32.2 Å². The van der Waals surface area contributed by atoms with Gasteiger partial charge in [0.1, 0.15) is 17.1 Å². The van der Waals surface area contributed by atoms with Crippen molar-refractivity contribution in [3.05, 3.63) is 35.2 Å². The van der Waals surface area contributed by atoms with Gasteiger partial charge in [-0.15, -0.1) is 0 Å². The minimum Gasteiger partial charge on any atom is -0.478 e. The van der Waals surface area contributed by atoms with E-state index in [-0.39, 0.29) is 5.91 Å². The van der Waals surface area contributed by atoms with Crippen molar-refractivity contribution in [2.75, 3.05) is 37.7 Å². The summed E-state index contributed by atoms with van der Waals surface area (Å²) in [5, 5.41) is 3.86. The van der Waals surface area contributed by atoms with Crippen LogP contribution in [-0.2, 0) is 0 Å². The Kier molecular flexibility index (Phi) is 4.69. The molecule has 3 rings (SSSR count). The maximum absolute atomic E-state index is 12.7. The molecule has 0 bridgehead atoms. The van der Waals surface area contributed by atoms with Gasteiger partial charge in [0.2, 0.25) is 5.88 Å². The second kappa shape index (κ2) is 6.90. The van der Waals surface area contributed by atoms with Crippen molar-refractivity contribution >= 4 is 11.7 Å². The van der Waals surface area contributed by atoms with Crippen molar-refractivity contribution < 1.29 is 14.1 Å². The molecule has 1 saturated heterocycles. The van der Waals surface area contributed by atoms with Crippen LogP contribution >= 0.6 is 0 Å². The summed E-state index contributed by atoms with van der Waals surface area (Å²) in [6.45, 7) is 8.85. The number of anilines is 1.